The quantitative estimate of drug-likeness (QED) is 0.650. The van der Waals surface area contributed by atoms with E-state index in [0.717, 1.165) is 33.3 Å². The fourth-order valence-corrected chi connectivity index (χ4v) is 4.13. The highest BCUT2D eigenvalue weighted by molar-refractivity contribution is 14.1. The van der Waals surface area contributed by atoms with Crippen LogP contribution < -0.4 is 5.32 Å². The van der Waals surface area contributed by atoms with Crippen molar-refractivity contribution in [2.75, 3.05) is 7.11 Å². The van der Waals surface area contributed by atoms with Crippen LogP contribution in [-0.4, -0.2) is 46.1 Å². The lowest BCUT2D eigenvalue weighted by Gasteiger charge is -2.32. The summed E-state index contributed by atoms with van der Waals surface area (Å²) in [4.78, 5) is 35.0. The molecule has 1 aromatic heterocycles. The van der Waals surface area contributed by atoms with Crippen LogP contribution in [0.3, 0.4) is 0 Å². The number of carbonyl (C=O) groups excluding carboxylic acids is 2. The fraction of sp³-hybridized carbons (Fsp3) is 0.526. The molecule has 3 rings (SSSR count). The Hall–Kier alpha value is -1.84. The van der Waals surface area contributed by atoms with Crippen LogP contribution in [0.15, 0.2) is 18.2 Å². The standard InChI is InChI=1S/C19H25IN4O3/c1-10(2)16(23-19(26)27-4)18(25)24-11(3)5-8-15(24)17-21-13-7-6-12(20)9-14(13)22-17/h6-7,9-11,15-16H,5,8H2,1-4H3,(H,21,22)(H,23,26)/t11-,15-,16-/m0/s1. The number of methoxy groups -OCH3 is 1. The maximum absolute atomic E-state index is 13.3. The largest absolute Gasteiger partial charge is 0.453 e. The molecule has 146 valence electrons. The van der Waals surface area contributed by atoms with Gasteiger partial charge >= 0.3 is 6.09 Å². The molecule has 0 unspecified atom stereocenters. The summed E-state index contributed by atoms with van der Waals surface area (Å²) in [5, 5.41) is 2.69. The number of H-pyrrole nitrogens is 1. The molecule has 27 heavy (non-hydrogen) atoms. The van der Waals surface area contributed by atoms with Crippen molar-refractivity contribution in [2.45, 2.75) is 51.7 Å². The number of aromatic nitrogens is 2. The Morgan fingerprint density at radius 1 is 1.37 bits per heavy atom. The number of aromatic amines is 1. The normalized spacial score (nSPS) is 20.9. The van der Waals surface area contributed by atoms with Crippen LogP contribution in [0.25, 0.3) is 11.0 Å². The van der Waals surface area contributed by atoms with Gasteiger partial charge in [0, 0.05) is 9.61 Å². The monoisotopic (exact) mass is 484 g/mol. The molecule has 7 nitrogen and oxygen atoms in total. The highest BCUT2D eigenvalue weighted by atomic mass is 127. The summed E-state index contributed by atoms with van der Waals surface area (Å²) >= 11 is 2.27. The van der Waals surface area contributed by atoms with Gasteiger partial charge in [-0.05, 0) is 66.5 Å². The van der Waals surface area contributed by atoms with Gasteiger partial charge in [-0.3, -0.25) is 4.79 Å². The van der Waals surface area contributed by atoms with Crippen molar-refractivity contribution in [3.63, 3.8) is 0 Å². The number of rotatable bonds is 4. The second kappa shape index (κ2) is 8.04. The third kappa shape index (κ3) is 4.04. The number of likely N-dealkylation sites (tertiary alicyclic amines) is 1. The van der Waals surface area contributed by atoms with Gasteiger partial charge < -0.3 is 19.9 Å². The van der Waals surface area contributed by atoms with Crippen LogP contribution in [0.4, 0.5) is 4.79 Å². The zero-order chi connectivity index (χ0) is 19.7. The Morgan fingerprint density at radius 3 is 2.78 bits per heavy atom. The van der Waals surface area contributed by atoms with E-state index in [2.05, 4.69) is 32.9 Å². The predicted molar refractivity (Wildman–Crippen MR) is 111 cm³/mol. The minimum atomic E-state index is -0.633. The van der Waals surface area contributed by atoms with Gasteiger partial charge in [-0.1, -0.05) is 13.8 Å². The molecule has 2 heterocycles. The molecule has 2 aromatic rings. The number of ether oxygens (including phenoxy) is 1. The summed E-state index contributed by atoms with van der Waals surface area (Å²) in [6, 6.07) is 5.37. The van der Waals surface area contributed by atoms with Gasteiger partial charge in [0.2, 0.25) is 5.91 Å². The molecule has 1 aliphatic rings. The molecule has 1 aromatic carbocycles. The SMILES string of the molecule is COC(=O)N[C@H](C(=O)N1[C@@H](C)CC[C@H]1c1nc2ccc(I)cc2[nH]1)C(C)C. The summed E-state index contributed by atoms with van der Waals surface area (Å²) in [7, 11) is 1.30. The Morgan fingerprint density at radius 2 is 2.11 bits per heavy atom. The van der Waals surface area contributed by atoms with Gasteiger partial charge in [-0.15, -0.1) is 0 Å². The average molecular weight is 484 g/mol. The minimum Gasteiger partial charge on any atom is -0.453 e. The number of benzene rings is 1. The molecule has 2 N–H and O–H groups in total. The second-order valence-corrected chi connectivity index (χ2v) is 8.57. The molecular formula is C19H25IN4O3. The molecule has 2 amide bonds. The Bertz CT molecular complexity index is 851. The van der Waals surface area contributed by atoms with Crippen molar-refractivity contribution in [2.24, 2.45) is 5.92 Å². The van der Waals surface area contributed by atoms with Gasteiger partial charge in [0.25, 0.3) is 0 Å². The molecule has 0 spiro atoms. The van der Waals surface area contributed by atoms with E-state index in [4.69, 9.17) is 9.72 Å². The summed E-state index contributed by atoms with van der Waals surface area (Å²) in [6.07, 6.45) is 1.14. The van der Waals surface area contributed by atoms with Crippen molar-refractivity contribution < 1.29 is 14.3 Å². The Labute approximate surface area is 172 Å². The summed E-state index contributed by atoms with van der Waals surface area (Å²) < 4.78 is 5.82. The van der Waals surface area contributed by atoms with Crippen LogP contribution in [0, 0.1) is 9.49 Å². The van der Waals surface area contributed by atoms with Crippen LogP contribution >= 0.6 is 22.6 Å². The average Bonchev–Trinajstić information content (AvgIpc) is 3.21. The number of hydrogen-bond donors (Lipinski definition) is 2. The van der Waals surface area contributed by atoms with Crippen molar-refractivity contribution in [1.82, 2.24) is 20.2 Å². The summed E-state index contributed by atoms with van der Waals surface area (Å²) in [6.45, 7) is 5.87. The molecule has 1 aliphatic heterocycles. The van der Waals surface area contributed by atoms with Gasteiger partial charge in [0.1, 0.15) is 11.9 Å². The maximum atomic E-state index is 13.3. The van der Waals surface area contributed by atoms with Crippen LogP contribution in [0.2, 0.25) is 0 Å². The lowest BCUT2D eigenvalue weighted by Crippen LogP contribution is -2.52. The summed E-state index contributed by atoms with van der Waals surface area (Å²) in [5.41, 5.74) is 1.86. The van der Waals surface area contributed by atoms with Crippen molar-refractivity contribution >= 4 is 45.6 Å². The van der Waals surface area contributed by atoms with Crippen LogP contribution in [-0.2, 0) is 9.53 Å². The van der Waals surface area contributed by atoms with Gasteiger partial charge in [0.15, 0.2) is 0 Å². The van der Waals surface area contributed by atoms with E-state index in [1.54, 1.807) is 0 Å². The van der Waals surface area contributed by atoms with E-state index in [0.29, 0.717) is 0 Å². The zero-order valence-corrected chi connectivity index (χ0v) is 18.1. The number of carbonyl (C=O) groups is 2. The van der Waals surface area contributed by atoms with Crippen LogP contribution in [0.1, 0.15) is 45.5 Å². The highest BCUT2D eigenvalue weighted by Crippen LogP contribution is 2.36. The molecule has 0 radical (unpaired) electrons. The van der Waals surface area contributed by atoms with Gasteiger partial charge in [-0.2, -0.15) is 0 Å². The molecule has 0 bridgehead atoms. The first kappa shape index (κ1) is 19.9. The third-order valence-electron chi connectivity index (χ3n) is 5.09. The van der Waals surface area contributed by atoms with Gasteiger partial charge in [-0.25, -0.2) is 9.78 Å². The van der Waals surface area contributed by atoms with E-state index < -0.39 is 12.1 Å². The highest BCUT2D eigenvalue weighted by Gasteiger charge is 2.41. The molecule has 1 fully saturated rings. The van der Waals surface area contributed by atoms with E-state index >= 15 is 0 Å². The second-order valence-electron chi connectivity index (χ2n) is 7.33. The number of nitrogens with zero attached hydrogens (tertiary/aromatic N) is 2. The maximum Gasteiger partial charge on any atom is 0.407 e. The molecule has 8 heteroatoms. The number of alkyl carbamates (subject to hydrolysis) is 1. The summed E-state index contributed by atoms with van der Waals surface area (Å²) in [5.74, 6) is 0.646. The smallest absolute Gasteiger partial charge is 0.407 e. The fourth-order valence-electron chi connectivity index (χ4n) is 3.64. The number of hydrogen-bond acceptors (Lipinski definition) is 4. The van der Waals surface area contributed by atoms with E-state index in [-0.39, 0.29) is 23.9 Å². The lowest BCUT2D eigenvalue weighted by atomic mass is 10.0. The third-order valence-corrected chi connectivity index (χ3v) is 5.76. The first-order valence-corrected chi connectivity index (χ1v) is 10.2. The number of amides is 2. The van der Waals surface area contributed by atoms with Gasteiger partial charge in [0.05, 0.1) is 24.2 Å². The van der Waals surface area contributed by atoms with E-state index in [9.17, 15) is 9.59 Å². The van der Waals surface area contributed by atoms with Crippen molar-refractivity contribution in [1.29, 1.82) is 0 Å². The number of imidazole rings is 1. The van der Waals surface area contributed by atoms with E-state index in [1.807, 2.05) is 43.9 Å². The first-order valence-electron chi connectivity index (χ1n) is 9.13. The predicted octanol–water partition coefficient (Wildman–Crippen LogP) is 3.60. The lowest BCUT2D eigenvalue weighted by molar-refractivity contribution is -0.137. The Kier molecular flexibility index (Phi) is 5.92. The zero-order valence-electron chi connectivity index (χ0n) is 16.0. The van der Waals surface area contributed by atoms with E-state index in [1.165, 1.54) is 7.11 Å². The number of halogens is 1. The number of nitrogens with one attached hydrogen (secondary N) is 2. The van der Waals surface area contributed by atoms with Crippen molar-refractivity contribution in [3.8, 4) is 0 Å². The van der Waals surface area contributed by atoms with Crippen LogP contribution in [0.5, 0.6) is 0 Å². The molecule has 0 aliphatic carbocycles. The Balaban J connectivity index is 1.91. The molecule has 0 saturated carbocycles. The minimum absolute atomic E-state index is 0.0534. The topological polar surface area (TPSA) is 87.3 Å². The number of fused-ring (bicyclic) bond motifs is 1. The molecule has 3 atom stereocenters. The van der Waals surface area contributed by atoms with Crippen molar-refractivity contribution in [3.05, 3.63) is 27.6 Å². The molecular weight excluding hydrogens is 459 g/mol. The molecule has 1 saturated heterocycles. The first-order chi connectivity index (χ1) is 12.8.